The van der Waals surface area contributed by atoms with Crippen molar-refractivity contribution in [3.63, 3.8) is 0 Å². The highest BCUT2D eigenvalue weighted by Gasteiger charge is 1.96. The Bertz CT molecular complexity index is 354. The van der Waals surface area contributed by atoms with Crippen molar-refractivity contribution in [1.82, 2.24) is 4.57 Å². The van der Waals surface area contributed by atoms with Crippen LogP contribution in [0.2, 0.25) is 0 Å². The third kappa shape index (κ3) is 2.05. The van der Waals surface area contributed by atoms with Crippen molar-refractivity contribution in [2.75, 3.05) is 0 Å². The molecule has 0 aromatic carbocycles. The predicted octanol–water partition coefficient (Wildman–Crippen LogP) is 1.56. The minimum atomic E-state index is -0.407. The Balaban J connectivity index is 3.06. The van der Waals surface area contributed by atoms with Gasteiger partial charge in [-0.2, -0.15) is 0 Å². The molecule has 0 unspecified atom stereocenters. The third-order valence-electron chi connectivity index (χ3n) is 1.39. The second-order valence-electron chi connectivity index (χ2n) is 2.77. The van der Waals surface area contributed by atoms with Crippen LogP contribution in [0.4, 0.5) is 4.39 Å². The van der Waals surface area contributed by atoms with E-state index in [4.69, 9.17) is 0 Å². The molecule has 0 saturated carbocycles. The highest BCUT2D eigenvalue weighted by atomic mass is 19.1. The van der Waals surface area contributed by atoms with Gasteiger partial charge in [-0.25, -0.2) is 4.39 Å². The normalized spacial score (nSPS) is 9.83. The molecule has 0 fully saturated rings. The number of nitrogens with zero attached hydrogens (tertiary/aromatic N) is 1. The molecule has 0 amide bonds. The number of pyridine rings is 1. The van der Waals surface area contributed by atoms with Crippen LogP contribution in [0.3, 0.4) is 0 Å². The molecule has 0 aliphatic rings. The summed E-state index contributed by atoms with van der Waals surface area (Å²) in [7, 11) is 0. The predicted molar refractivity (Wildman–Crippen MR) is 45.5 cm³/mol. The molecule has 1 aromatic rings. The molecule has 1 rings (SSSR count). The Morgan fingerprint density at radius 1 is 1.67 bits per heavy atom. The molecule has 1 aromatic heterocycles. The molecule has 0 spiro atoms. The molecule has 12 heavy (non-hydrogen) atoms. The van der Waals surface area contributed by atoms with Crippen LogP contribution in [-0.4, -0.2) is 4.57 Å². The molecule has 2 nitrogen and oxygen atoms in total. The molecule has 0 bridgehead atoms. The summed E-state index contributed by atoms with van der Waals surface area (Å²) < 4.78 is 13.9. The average molecular weight is 167 g/mol. The number of rotatable bonds is 2. The smallest absolute Gasteiger partial charge is 0.251 e. The van der Waals surface area contributed by atoms with E-state index in [2.05, 4.69) is 6.58 Å². The van der Waals surface area contributed by atoms with E-state index >= 15 is 0 Å². The molecule has 0 saturated heterocycles. The summed E-state index contributed by atoms with van der Waals surface area (Å²) in [5.74, 6) is -0.407. The van der Waals surface area contributed by atoms with Gasteiger partial charge < -0.3 is 4.57 Å². The van der Waals surface area contributed by atoms with Gasteiger partial charge in [0, 0.05) is 18.8 Å². The van der Waals surface area contributed by atoms with E-state index in [9.17, 15) is 9.18 Å². The summed E-state index contributed by atoms with van der Waals surface area (Å²) in [4.78, 5) is 11.1. The molecule has 3 heteroatoms. The molecular formula is C9H10FNO. The van der Waals surface area contributed by atoms with Gasteiger partial charge in [0.2, 0.25) is 0 Å². The Hall–Kier alpha value is -1.38. The lowest BCUT2D eigenvalue weighted by Crippen LogP contribution is -2.19. The summed E-state index contributed by atoms with van der Waals surface area (Å²) in [6.45, 7) is 5.80. The van der Waals surface area contributed by atoms with Crippen LogP contribution in [0.5, 0.6) is 0 Å². The fourth-order valence-corrected chi connectivity index (χ4v) is 0.917. The van der Waals surface area contributed by atoms with Crippen molar-refractivity contribution in [2.45, 2.75) is 13.5 Å². The van der Waals surface area contributed by atoms with Gasteiger partial charge in [0.15, 0.2) is 0 Å². The van der Waals surface area contributed by atoms with Crippen LogP contribution in [0.1, 0.15) is 6.92 Å². The summed E-state index contributed by atoms with van der Waals surface area (Å²) >= 11 is 0. The van der Waals surface area contributed by atoms with Gasteiger partial charge in [-0.3, -0.25) is 4.79 Å². The molecule has 1 heterocycles. The lowest BCUT2D eigenvalue weighted by molar-refractivity contribution is 0.594. The van der Waals surface area contributed by atoms with Crippen molar-refractivity contribution < 1.29 is 4.39 Å². The molecule has 0 N–H and O–H groups in total. The van der Waals surface area contributed by atoms with Crippen molar-refractivity contribution in [3.05, 3.63) is 46.7 Å². The topological polar surface area (TPSA) is 22.0 Å². The van der Waals surface area contributed by atoms with Gasteiger partial charge in [-0.05, 0) is 13.0 Å². The molecule has 0 atom stereocenters. The van der Waals surface area contributed by atoms with Crippen LogP contribution in [-0.2, 0) is 6.54 Å². The lowest BCUT2D eigenvalue weighted by Gasteiger charge is -2.03. The Labute approximate surface area is 70.0 Å². The monoisotopic (exact) mass is 167 g/mol. The number of hydrogen-bond donors (Lipinski definition) is 0. The van der Waals surface area contributed by atoms with Crippen LogP contribution in [0, 0.1) is 5.82 Å². The minimum absolute atomic E-state index is 0.209. The first-order valence-corrected chi connectivity index (χ1v) is 3.60. The van der Waals surface area contributed by atoms with Crippen LogP contribution < -0.4 is 5.56 Å². The van der Waals surface area contributed by atoms with Gasteiger partial charge in [-0.15, -0.1) is 0 Å². The van der Waals surface area contributed by atoms with E-state index in [0.29, 0.717) is 6.54 Å². The molecule has 0 aliphatic carbocycles. The maximum atomic E-state index is 12.6. The number of halogens is 1. The number of aromatic nitrogens is 1. The first-order valence-electron chi connectivity index (χ1n) is 3.60. The Morgan fingerprint density at radius 2 is 2.33 bits per heavy atom. The molecule has 0 radical (unpaired) electrons. The Morgan fingerprint density at radius 3 is 2.92 bits per heavy atom. The largest absolute Gasteiger partial charge is 0.309 e. The van der Waals surface area contributed by atoms with Gasteiger partial charge in [0.1, 0.15) is 5.82 Å². The van der Waals surface area contributed by atoms with Crippen molar-refractivity contribution in [1.29, 1.82) is 0 Å². The number of allylic oxidation sites excluding steroid dienone is 1. The molecular weight excluding hydrogens is 157 g/mol. The van der Waals surface area contributed by atoms with Gasteiger partial charge in [-0.1, -0.05) is 12.2 Å². The van der Waals surface area contributed by atoms with Gasteiger partial charge in [0.05, 0.1) is 0 Å². The maximum Gasteiger partial charge on any atom is 0.251 e. The lowest BCUT2D eigenvalue weighted by atomic mass is 10.3. The van der Waals surface area contributed by atoms with E-state index in [1.54, 1.807) is 6.92 Å². The SMILES string of the molecule is C=C(C)Cn1cc(F)ccc1=O. The zero-order valence-electron chi connectivity index (χ0n) is 6.88. The van der Waals surface area contributed by atoms with Gasteiger partial charge >= 0.3 is 0 Å². The second-order valence-corrected chi connectivity index (χ2v) is 2.77. The maximum absolute atomic E-state index is 12.6. The minimum Gasteiger partial charge on any atom is -0.309 e. The first kappa shape index (κ1) is 8.71. The standard InChI is InChI=1S/C9H10FNO/c1-7(2)5-11-6-8(10)3-4-9(11)12/h3-4,6H,1,5H2,2H3. The second kappa shape index (κ2) is 3.34. The molecule has 64 valence electrons. The fraction of sp³-hybridized carbons (Fsp3) is 0.222. The van der Waals surface area contributed by atoms with Crippen LogP contribution in [0.25, 0.3) is 0 Å². The highest BCUT2D eigenvalue weighted by molar-refractivity contribution is 4.99. The van der Waals surface area contributed by atoms with Crippen molar-refractivity contribution in [3.8, 4) is 0 Å². The van der Waals surface area contributed by atoms with E-state index in [1.807, 2.05) is 0 Å². The van der Waals surface area contributed by atoms with E-state index in [-0.39, 0.29) is 5.56 Å². The summed E-state index contributed by atoms with van der Waals surface area (Å²) in [6.07, 6.45) is 1.18. The molecule has 0 aliphatic heterocycles. The Kier molecular flexibility index (Phi) is 2.43. The van der Waals surface area contributed by atoms with Crippen LogP contribution >= 0.6 is 0 Å². The summed E-state index contributed by atoms with van der Waals surface area (Å²) in [6, 6.07) is 2.36. The summed E-state index contributed by atoms with van der Waals surface area (Å²) in [5.41, 5.74) is 0.613. The first-order chi connectivity index (χ1) is 5.59. The number of hydrogen-bond acceptors (Lipinski definition) is 1. The van der Waals surface area contributed by atoms with Crippen molar-refractivity contribution >= 4 is 0 Å². The zero-order chi connectivity index (χ0) is 9.14. The fourth-order valence-electron chi connectivity index (χ4n) is 0.917. The van der Waals surface area contributed by atoms with Crippen molar-refractivity contribution in [2.24, 2.45) is 0 Å². The van der Waals surface area contributed by atoms with E-state index < -0.39 is 5.82 Å². The summed E-state index contributed by atoms with van der Waals surface area (Å²) in [5, 5.41) is 0. The van der Waals surface area contributed by atoms with Crippen LogP contribution in [0.15, 0.2) is 35.3 Å². The third-order valence-corrected chi connectivity index (χ3v) is 1.39. The quantitative estimate of drug-likeness (QED) is 0.613. The van der Waals surface area contributed by atoms with E-state index in [1.165, 1.54) is 16.8 Å². The van der Waals surface area contributed by atoms with Gasteiger partial charge in [0.25, 0.3) is 5.56 Å². The van der Waals surface area contributed by atoms with E-state index in [0.717, 1.165) is 11.6 Å². The zero-order valence-corrected chi connectivity index (χ0v) is 6.88. The average Bonchev–Trinajstić information content (AvgIpc) is 1.96. The highest BCUT2D eigenvalue weighted by Crippen LogP contribution is 1.95.